The number of aryl methyl sites for hydroxylation is 1. The van der Waals surface area contributed by atoms with Gasteiger partial charge in [-0.1, -0.05) is 32.8 Å². The van der Waals surface area contributed by atoms with E-state index in [9.17, 15) is 4.79 Å². The molecular weight excluding hydrogens is 240 g/mol. The van der Waals surface area contributed by atoms with E-state index in [1.54, 1.807) is 7.05 Å². The van der Waals surface area contributed by atoms with Gasteiger partial charge in [-0.15, -0.1) is 0 Å². The summed E-state index contributed by atoms with van der Waals surface area (Å²) in [6, 6.07) is 6.37. The number of hydrogen-bond acceptors (Lipinski definition) is 3. The summed E-state index contributed by atoms with van der Waals surface area (Å²) in [5.41, 5.74) is 2.71. The lowest BCUT2D eigenvalue weighted by Gasteiger charge is -2.17. The topological polar surface area (TPSA) is 47.2 Å². The van der Waals surface area contributed by atoms with Crippen molar-refractivity contribution < 1.29 is 4.42 Å². The van der Waals surface area contributed by atoms with Crippen LogP contribution in [0, 0.1) is 0 Å². The first-order chi connectivity index (χ1) is 9.17. The van der Waals surface area contributed by atoms with Crippen molar-refractivity contribution >= 4 is 11.1 Å². The van der Waals surface area contributed by atoms with Gasteiger partial charge in [0, 0.05) is 13.1 Å². The molecule has 0 aliphatic rings. The highest BCUT2D eigenvalue weighted by Gasteiger charge is 2.13. The molecule has 2 aromatic rings. The molecule has 4 nitrogen and oxygen atoms in total. The van der Waals surface area contributed by atoms with E-state index in [0.717, 1.165) is 18.5 Å². The Morgan fingerprint density at radius 3 is 2.84 bits per heavy atom. The molecule has 1 aromatic heterocycles. The van der Waals surface area contributed by atoms with Crippen LogP contribution in [0.3, 0.4) is 0 Å². The number of benzene rings is 1. The minimum atomic E-state index is -0.305. The molecule has 1 aromatic carbocycles. The number of aromatic nitrogens is 1. The van der Waals surface area contributed by atoms with Gasteiger partial charge in [-0.3, -0.25) is 4.57 Å². The largest absolute Gasteiger partial charge is 0.419 e. The molecule has 0 aliphatic heterocycles. The first kappa shape index (κ1) is 13.9. The van der Waals surface area contributed by atoms with Crippen molar-refractivity contribution in [2.45, 2.75) is 39.2 Å². The second-order valence-corrected chi connectivity index (χ2v) is 4.91. The number of nitrogens with one attached hydrogen (secondary N) is 1. The summed E-state index contributed by atoms with van der Waals surface area (Å²) in [5, 5.41) is 3.49. The van der Waals surface area contributed by atoms with Gasteiger partial charge in [0.1, 0.15) is 0 Å². The van der Waals surface area contributed by atoms with Crippen LogP contribution in [0.1, 0.15) is 44.7 Å². The van der Waals surface area contributed by atoms with Gasteiger partial charge in [0.05, 0.1) is 5.52 Å². The van der Waals surface area contributed by atoms with Crippen LogP contribution in [-0.2, 0) is 7.05 Å². The zero-order valence-electron chi connectivity index (χ0n) is 11.9. The Hall–Kier alpha value is -1.55. The van der Waals surface area contributed by atoms with Crippen LogP contribution >= 0.6 is 0 Å². The van der Waals surface area contributed by atoms with Crippen molar-refractivity contribution in [2.24, 2.45) is 7.05 Å². The molecule has 0 bridgehead atoms. The molecule has 1 N–H and O–H groups in total. The van der Waals surface area contributed by atoms with Crippen LogP contribution in [0.15, 0.2) is 27.4 Å². The van der Waals surface area contributed by atoms with Crippen LogP contribution in [0.2, 0.25) is 0 Å². The molecule has 2 rings (SSSR count). The fourth-order valence-electron chi connectivity index (χ4n) is 2.41. The Balaban J connectivity index is 2.34. The quantitative estimate of drug-likeness (QED) is 0.870. The first-order valence-corrected chi connectivity index (χ1v) is 7.00. The lowest BCUT2D eigenvalue weighted by molar-refractivity contribution is 0.493. The second-order valence-electron chi connectivity index (χ2n) is 4.91. The molecule has 4 heteroatoms. The van der Waals surface area contributed by atoms with Crippen LogP contribution in [0.25, 0.3) is 11.1 Å². The molecule has 104 valence electrons. The molecule has 0 radical (unpaired) electrons. The summed E-state index contributed by atoms with van der Waals surface area (Å²) < 4.78 is 6.79. The van der Waals surface area contributed by atoms with Crippen LogP contribution < -0.4 is 11.1 Å². The third-order valence-corrected chi connectivity index (χ3v) is 3.52. The van der Waals surface area contributed by atoms with E-state index in [4.69, 9.17) is 4.42 Å². The molecule has 0 amide bonds. The number of fused-ring (bicyclic) bond motifs is 1. The lowest BCUT2D eigenvalue weighted by Crippen LogP contribution is -2.20. The highest BCUT2D eigenvalue weighted by Crippen LogP contribution is 2.23. The Labute approximate surface area is 113 Å². The van der Waals surface area contributed by atoms with Gasteiger partial charge in [0.25, 0.3) is 0 Å². The monoisotopic (exact) mass is 262 g/mol. The van der Waals surface area contributed by atoms with Crippen molar-refractivity contribution in [1.82, 2.24) is 9.88 Å². The van der Waals surface area contributed by atoms with E-state index in [0.29, 0.717) is 11.6 Å². The van der Waals surface area contributed by atoms with Gasteiger partial charge in [-0.2, -0.15) is 0 Å². The second kappa shape index (κ2) is 6.06. The normalized spacial score (nSPS) is 13.0. The first-order valence-electron chi connectivity index (χ1n) is 7.00. The Bertz CT molecular complexity index is 598. The van der Waals surface area contributed by atoms with Crippen LogP contribution in [0.4, 0.5) is 0 Å². The SMILES string of the molecule is CCCCC(NCC)c1ccc2c(c1)oc(=O)n2C. The predicted octanol–water partition coefficient (Wildman–Crippen LogP) is 2.97. The molecule has 1 atom stereocenters. The maximum Gasteiger partial charge on any atom is 0.419 e. The molecule has 19 heavy (non-hydrogen) atoms. The Kier molecular flexibility index (Phi) is 4.43. The zero-order chi connectivity index (χ0) is 13.8. The summed E-state index contributed by atoms with van der Waals surface area (Å²) in [6.45, 7) is 5.24. The zero-order valence-corrected chi connectivity index (χ0v) is 11.9. The number of hydrogen-bond donors (Lipinski definition) is 1. The molecule has 0 aliphatic carbocycles. The number of rotatable bonds is 6. The Morgan fingerprint density at radius 2 is 2.16 bits per heavy atom. The van der Waals surface area contributed by atoms with Gasteiger partial charge in [0.15, 0.2) is 5.58 Å². The average Bonchev–Trinajstić information content (AvgIpc) is 2.69. The summed E-state index contributed by atoms with van der Waals surface area (Å²) in [6.07, 6.45) is 3.48. The van der Waals surface area contributed by atoms with Crippen molar-refractivity contribution in [2.75, 3.05) is 6.54 Å². The number of oxazole rings is 1. The number of nitrogens with zero attached hydrogens (tertiary/aromatic N) is 1. The number of unbranched alkanes of at least 4 members (excludes halogenated alkanes) is 1. The van der Waals surface area contributed by atoms with E-state index < -0.39 is 0 Å². The van der Waals surface area contributed by atoms with Crippen molar-refractivity contribution in [3.05, 3.63) is 34.3 Å². The fourth-order valence-corrected chi connectivity index (χ4v) is 2.41. The maximum absolute atomic E-state index is 11.5. The minimum absolute atomic E-state index is 0.305. The van der Waals surface area contributed by atoms with Crippen molar-refractivity contribution in [1.29, 1.82) is 0 Å². The predicted molar refractivity (Wildman–Crippen MR) is 77.4 cm³/mol. The molecular formula is C15H22N2O2. The smallest absolute Gasteiger partial charge is 0.408 e. The molecule has 0 saturated carbocycles. The third-order valence-electron chi connectivity index (χ3n) is 3.52. The van der Waals surface area contributed by atoms with Crippen LogP contribution in [-0.4, -0.2) is 11.1 Å². The van der Waals surface area contributed by atoms with Crippen molar-refractivity contribution in [3.63, 3.8) is 0 Å². The summed E-state index contributed by atoms with van der Waals surface area (Å²) in [5.74, 6) is -0.305. The molecule has 0 fully saturated rings. The van der Waals surface area contributed by atoms with Gasteiger partial charge >= 0.3 is 5.76 Å². The molecule has 1 heterocycles. The molecule has 0 saturated heterocycles. The lowest BCUT2D eigenvalue weighted by atomic mass is 10.0. The van der Waals surface area contributed by atoms with Gasteiger partial charge in [-0.05, 0) is 30.7 Å². The summed E-state index contributed by atoms with van der Waals surface area (Å²) in [4.78, 5) is 11.5. The van der Waals surface area contributed by atoms with Crippen LogP contribution in [0.5, 0.6) is 0 Å². The van der Waals surface area contributed by atoms with Crippen molar-refractivity contribution in [3.8, 4) is 0 Å². The summed E-state index contributed by atoms with van der Waals surface area (Å²) in [7, 11) is 1.73. The van der Waals surface area contributed by atoms with Gasteiger partial charge in [0.2, 0.25) is 0 Å². The van der Waals surface area contributed by atoms with E-state index >= 15 is 0 Å². The van der Waals surface area contributed by atoms with E-state index in [-0.39, 0.29) is 5.76 Å². The standard InChI is InChI=1S/C15H22N2O2/c1-4-6-7-12(16-5-2)11-8-9-13-14(10-11)19-15(18)17(13)3/h8-10,12,16H,4-7H2,1-3H3. The highest BCUT2D eigenvalue weighted by atomic mass is 16.4. The maximum atomic E-state index is 11.5. The minimum Gasteiger partial charge on any atom is -0.408 e. The van der Waals surface area contributed by atoms with E-state index in [1.165, 1.54) is 23.0 Å². The average molecular weight is 262 g/mol. The van der Waals surface area contributed by atoms with Gasteiger partial charge < -0.3 is 9.73 Å². The Morgan fingerprint density at radius 1 is 1.37 bits per heavy atom. The van der Waals surface area contributed by atoms with Gasteiger partial charge in [-0.25, -0.2) is 4.79 Å². The van der Waals surface area contributed by atoms with E-state index in [1.807, 2.05) is 12.1 Å². The molecule has 1 unspecified atom stereocenters. The molecule has 0 spiro atoms. The third kappa shape index (κ3) is 2.89. The summed E-state index contributed by atoms with van der Waals surface area (Å²) >= 11 is 0. The fraction of sp³-hybridized carbons (Fsp3) is 0.533. The highest BCUT2D eigenvalue weighted by molar-refractivity contribution is 5.73. The van der Waals surface area contributed by atoms with E-state index in [2.05, 4.69) is 25.2 Å².